The molecule has 0 fully saturated rings. The summed E-state index contributed by atoms with van der Waals surface area (Å²) in [5, 5.41) is 8.91. The van der Waals surface area contributed by atoms with Gasteiger partial charge >= 0.3 is 5.97 Å². The molecule has 1 N–H and O–H groups in total. The molecule has 0 radical (unpaired) electrons. The van der Waals surface area contributed by atoms with Crippen molar-refractivity contribution in [2.24, 2.45) is 0 Å². The van der Waals surface area contributed by atoms with Crippen molar-refractivity contribution < 1.29 is 9.90 Å². The van der Waals surface area contributed by atoms with Crippen LogP contribution in [0, 0.1) is 18.8 Å². The summed E-state index contributed by atoms with van der Waals surface area (Å²) in [5.41, 5.74) is 1.41. The van der Waals surface area contributed by atoms with E-state index >= 15 is 0 Å². The molecule has 0 bridgehead atoms. The normalized spacial score (nSPS) is 9.00. The van der Waals surface area contributed by atoms with Crippen molar-refractivity contribution in [3.63, 3.8) is 0 Å². The predicted octanol–water partition coefficient (Wildman–Crippen LogP) is 1.87. The number of carboxylic acids is 1. The summed E-state index contributed by atoms with van der Waals surface area (Å²) in [6, 6.07) is 1.74. The van der Waals surface area contributed by atoms with Crippen molar-refractivity contribution in [2.45, 2.75) is 13.3 Å². The Labute approximate surface area is 86.7 Å². The van der Waals surface area contributed by atoms with Crippen LogP contribution in [0.5, 0.6) is 0 Å². The summed E-state index contributed by atoms with van der Waals surface area (Å²) >= 11 is 5.70. The van der Waals surface area contributed by atoms with E-state index in [4.69, 9.17) is 16.7 Å². The van der Waals surface area contributed by atoms with E-state index in [9.17, 15) is 4.79 Å². The number of aliphatic carboxylic acids is 1. The monoisotopic (exact) mass is 209 g/mol. The van der Waals surface area contributed by atoms with Crippen molar-refractivity contribution in [3.8, 4) is 11.8 Å². The van der Waals surface area contributed by atoms with Crippen LogP contribution in [-0.4, -0.2) is 16.1 Å². The number of carbonyl (C=O) groups is 1. The minimum Gasteiger partial charge on any atom is -0.481 e. The van der Waals surface area contributed by atoms with Gasteiger partial charge in [-0.05, 0) is 24.5 Å². The predicted molar refractivity (Wildman–Crippen MR) is 53.1 cm³/mol. The summed E-state index contributed by atoms with van der Waals surface area (Å²) in [5.74, 6) is 4.24. The van der Waals surface area contributed by atoms with E-state index < -0.39 is 5.97 Å². The minimum atomic E-state index is -0.941. The van der Waals surface area contributed by atoms with Crippen LogP contribution in [0.1, 0.15) is 17.7 Å². The van der Waals surface area contributed by atoms with Gasteiger partial charge in [0.2, 0.25) is 0 Å². The van der Waals surface area contributed by atoms with Gasteiger partial charge in [-0.15, -0.1) is 0 Å². The lowest BCUT2D eigenvalue weighted by atomic mass is 10.2. The third kappa shape index (κ3) is 3.08. The molecule has 4 heteroatoms. The number of rotatable bonds is 1. The highest BCUT2D eigenvalue weighted by atomic mass is 35.5. The Morgan fingerprint density at radius 2 is 2.43 bits per heavy atom. The highest BCUT2D eigenvalue weighted by molar-refractivity contribution is 6.30. The molecule has 0 atom stereocenters. The van der Waals surface area contributed by atoms with Crippen LogP contribution >= 0.6 is 11.6 Å². The lowest BCUT2D eigenvalue weighted by Gasteiger charge is -1.96. The maximum absolute atomic E-state index is 10.2. The average molecular weight is 210 g/mol. The lowest BCUT2D eigenvalue weighted by Crippen LogP contribution is -1.91. The third-order valence-electron chi connectivity index (χ3n) is 1.49. The molecule has 0 spiro atoms. The van der Waals surface area contributed by atoms with Gasteiger partial charge in [-0.25, -0.2) is 4.98 Å². The van der Waals surface area contributed by atoms with Gasteiger partial charge < -0.3 is 5.11 Å². The second-order valence-corrected chi connectivity index (χ2v) is 3.13. The van der Waals surface area contributed by atoms with E-state index in [0.717, 1.165) is 5.56 Å². The van der Waals surface area contributed by atoms with Crippen molar-refractivity contribution in [2.75, 3.05) is 0 Å². The fourth-order valence-corrected chi connectivity index (χ4v) is 1.09. The molecule has 0 aliphatic rings. The zero-order chi connectivity index (χ0) is 10.6. The zero-order valence-electron chi connectivity index (χ0n) is 7.54. The standard InChI is InChI=1S/C10H8ClNO2/c1-7-5-8(11)6-12-9(7)3-2-4-10(13)14/h5-6H,4H2,1H3,(H,13,14). The number of carboxylic acid groups (broad SMARTS) is 1. The molecule has 0 amide bonds. The SMILES string of the molecule is Cc1cc(Cl)cnc1C#CCC(=O)O. The van der Waals surface area contributed by atoms with Crippen molar-refractivity contribution in [1.29, 1.82) is 0 Å². The van der Waals surface area contributed by atoms with Gasteiger partial charge in [-0.1, -0.05) is 17.5 Å². The summed E-state index contributed by atoms with van der Waals surface area (Å²) < 4.78 is 0. The zero-order valence-corrected chi connectivity index (χ0v) is 8.30. The molecule has 1 aromatic rings. The summed E-state index contributed by atoms with van der Waals surface area (Å²) in [4.78, 5) is 14.2. The fourth-order valence-electron chi connectivity index (χ4n) is 0.875. The summed E-state index contributed by atoms with van der Waals surface area (Å²) in [7, 11) is 0. The van der Waals surface area contributed by atoms with Gasteiger partial charge in [0.05, 0.1) is 5.02 Å². The van der Waals surface area contributed by atoms with Crippen LogP contribution in [0.3, 0.4) is 0 Å². The smallest absolute Gasteiger partial charge is 0.315 e. The van der Waals surface area contributed by atoms with Gasteiger partial charge in [0.15, 0.2) is 0 Å². The maximum Gasteiger partial charge on any atom is 0.315 e. The first-order valence-electron chi connectivity index (χ1n) is 3.92. The Bertz CT molecular complexity index is 418. The Morgan fingerprint density at radius 3 is 3.00 bits per heavy atom. The van der Waals surface area contributed by atoms with E-state index in [1.165, 1.54) is 6.20 Å². The molecule has 3 nitrogen and oxygen atoms in total. The van der Waals surface area contributed by atoms with Crippen LogP contribution in [0.4, 0.5) is 0 Å². The molecule has 0 saturated carbocycles. The fraction of sp³-hybridized carbons (Fsp3) is 0.200. The number of aryl methyl sites for hydroxylation is 1. The molecule has 72 valence electrons. The highest BCUT2D eigenvalue weighted by Gasteiger charge is 1.97. The minimum absolute atomic E-state index is 0.177. The molecule has 1 aromatic heterocycles. The second kappa shape index (κ2) is 4.64. The van der Waals surface area contributed by atoms with Gasteiger partial charge in [-0.3, -0.25) is 4.79 Å². The summed E-state index contributed by atoms with van der Waals surface area (Å²) in [6.45, 7) is 1.82. The summed E-state index contributed by atoms with van der Waals surface area (Å²) in [6.07, 6.45) is 1.31. The molecule has 0 aliphatic carbocycles. The number of halogens is 1. The van der Waals surface area contributed by atoms with E-state index in [1.807, 2.05) is 6.92 Å². The van der Waals surface area contributed by atoms with Crippen molar-refractivity contribution >= 4 is 17.6 Å². The first-order chi connectivity index (χ1) is 6.59. The molecule has 1 rings (SSSR count). The van der Waals surface area contributed by atoms with Crippen LogP contribution in [0.15, 0.2) is 12.3 Å². The number of hydrogen-bond acceptors (Lipinski definition) is 2. The largest absolute Gasteiger partial charge is 0.481 e. The van der Waals surface area contributed by atoms with Crippen LogP contribution in [-0.2, 0) is 4.79 Å². The molecule has 0 aliphatic heterocycles. The first kappa shape index (κ1) is 10.6. The van der Waals surface area contributed by atoms with Gasteiger partial charge in [0, 0.05) is 6.20 Å². The van der Waals surface area contributed by atoms with Crippen LogP contribution in [0.2, 0.25) is 5.02 Å². The molecular formula is C10H8ClNO2. The van der Waals surface area contributed by atoms with Gasteiger partial charge in [0.1, 0.15) is 12.1 Å². The molecule has 14 heavy (non-hydrogen) atoms. The maximum atomic E-state index is 10.2. The number of aromatic nitrogens is 1. The van der Waals surface area contributed by atoms with E-state index in [0.29, 0.717) is 10.7 Å². The molecule has 1 heterocycles. The van der Waals surface area contributed by atoms with Crippen molar-refractivity contribution in [1.82, 2.24) is 4.98 Å². The Kier molecular flexibility index (Phi) is 3.49. The van der Waals surface area contributed by atoms with Crippen LogP contribution in [0.25, 0.3) is 0 Å². The Morgan fingerprint density at radius 1 is 1.71 bits per heavy atom. The quantitative estimate of drug-likeness (QED) is 0.719. The molecule has 0 unspecified atom stereocenters. The van der Waals surface area contributed by atoms with Crippen molar-refractivity contribution in [3.05, 3.63) is 28.5 Å². The average Bonchev–Trinajstić information content (AvgIpc) is 2.08. The molecule has 0 aromatic carbocycles. The van der Waals surface area contributed by atoms with E-state index in [-0.39, 0.29) is 6.42 Å². The second-order valence-electron chi connectivity index (χ2n) is 2.69. The third-order valence-corrected chi connectivity index (χ3v) is 1.70. The topological polar surface area (TPSA) is 50.2 Å². The Balaban J connectivity index is 2.85. The number of nitrogens with zero attached hydrogens (tertiary/aromatic N) is 1. The van der Waals surface area contributed by atoms with E-state index in [1.54, 1.807) is 6.07 Å². The Hall–Kier alpha value is -1.53. The van der Waals surface area contributed by atoms with E-state index in [2.05, 4.69) is 16.8 Å². The van der Waals surface area contributed by atoms with Crippen LogP contribution < -0.4 is 0 Å². The van der Waals surface area contributed by atoms with Gasteiger partial charge in [-0.2, -0.15) is 0 Å². The molecular weight excluding hydrogens is 202 g/mol. The lowest BCUT2D eigenvalue weighted by molar-refractivity contribution is -0.135. The highest BCUT2D eigenvalue weighted by Crippen LogP contribution is 2.10. The van der Waals surface area contributed by atoms with Gasteiger partial charge in [0.25, 0.3) is 0 Å². The molecule has 0 saturated heterocycles. The first-order valence-corrected chi connectivity index (χ1v) is 4.30. The number of pyridine rings is 1. The number of hydrogen-bond donors (Lipinski definition) is 1.